The zero-order valence-electron chi connectivity index (χ0n) is 13.8. The Morgan fingerprint density at radius 1 is 1.17 bits per heavy atom. The second-order valence-electron chi connectivity index (χ2n) is 5.93. The van der Waals surface area contributed by atoms with Crippen molar-refractivity contribution in [3.63, 3.8) is 0 Å². The highest BCUT2D eigenvalue weighted by Gasteiger charge is 2.17. The number of carbonyl (C=O) groups is 1. The maximum atomic E-state index is 12.1. The maximum absolute atomic E-state index is 12.1. The predicted octanol–water partition coefficient (Wildman–Crippen LogP) is 3.59. The molecule has 0 aliphatic rings. The van der Waals surface area contributed by atoms with Crippen molar-refractivity contribution in [1.82, 2.24) is 5.32 Å². The summed E-state index contributed by atoms with van der Waals surface area (Å²) in [6, 6.07) is 14.1. The molecule has 0 aliphatic heterocycles. The van der Waals surface area contributed by atoms with E-state index in [0.717, 1.165) is 5.56 Å². The molecule has 2 N–H and O–H groups in total. The number of nitrogens with zero attached hydrogens (tertiary/aromatic N) is 1. The Hall–Kier alpha value is -2.89. The van der Waals surface area contributed by atoms with Crippen LogP contribution in [-0.4, -0.2) is 17.4 Å². The molecule has 6 nitrogen and oxygen atoms in total. The van der Waals surface area contributed by atoms with Crippen LogP contribution in [0.3, 0.4) is 0 Å². The first kappa shape index (κ1) is 17.5. The van der Waals surface area contributed by atoms with Crippen LogP contribution in [0.4, 0.5) is 11.4 Å². The van der Waals surface area contributed by atoms with Gasteiger partial charge >= 0.3 is 0 Å². The van der Waals surface area contributed by atoms with Crippen molar-refractivity contribution in [1.29, 1.82) is 0 Å². The van der Waals surface area contributed by atoms with E-state index >= 15 is 0 Å². The highest BCUT2D eigenvalue weighted by molar-refractivity contribution is 5.95. The smallest absolute Gasteiger partial charge is 0.293 e. The number of benzene rings is 2. The molecule has 0 bridgehead atoms. The van der Waals surface area contributed by atoms with Crippen molar-refractivity contribution in [2.45, 2.75) is 20.4 Å². The van der Waals surface area contributed by atoms with Crippen LogP contribution in [0.1, 0.15) is 29.8 Å². The summed E-state index contributed by atoms with van der Waals surface area (Å²) in [6.45, 7) is 4.97. The van der Waals surface area contributed by atoms with Gasteiger partial charge in [0.15, 0.2) is 0 Å². The van der Waals surface area contributed by atoms with Gasteiger partial charge in [0.2, 0.25) is 0 Å². The van der Waals surface area contributed by atoms with E-state index in [1.54, 1.807) is 12.1 Å². The quantitative estimate of drug-likeness (QED) is 0.601. The second-order valence-corrected chi connectivity index (χ2v) is 5.93. The third-order valence-corrected chi connectivity index (χ3v) is 3.45. The van der Waals surface area contributed by atoms with E-state index < -0.39 is 4.92 Å². The van der Waals surface area contributed by atoms with Crippen molar-refractivity contribution in [3.05, 3.63) is 69.8 Å². The van der Waals surface area contributed by atoms with Crippen molar-refractivity contribution in [2.75, 3.05) is 11.9 Å². The van der Waals surface area contributed by atoms with Crippen molar-refractivity contribution in [3.8, 4) is 0 Å². The number of nitrogens with one attached hydrogen (secondary N) is 2. The molecule has 0 saturated carbocycles. The molecule has 24 heavy (non-hydrogen) atoms. The van der Waals surface area contributed by atoms with Crippen molar-refractivity contribution in [2.24, 2.45) is 5.92 Å². The molecule has 126 valence electrons. The molecule has 0 saturated heterocycles. The Kier molecular flexibility index (Phi) is 5.89. The van der Waals surface area contributed by atoms with E-state index in [2.05, 4.69) is 10.6 Å². The first-order chi connectivity index (χ1) is 11.5. The average Bonchev–Trinajstić information content (AvgIpc) is 2.58. The molecule has 0 aliphatic carbocycles. The van der Waals surface area contributed by atoms with Gasteiger partial charge in [0.1, 0.15) is 5.69 Å². The predicted molar refractivity (Wildman–Crippen MR) is 94.0 cm³/mol. The number of hydrogen-bond acceptors (Lipinski definition) is 4. The highest BCUT2D eigenvalue weighted by atomic mass is 16.6. The van der Waals surface area contributed by atoms with Gasteiger partial charge in [-0.25, -0.2) is 0 Å². The Balaban J connectivity index is 2.14. The summed E-state index contributed by atoms with van der Waals surface area (Å²) in [5.74, 6) is 0.0113. The Morgan fingerprint density at radius 3 is 2.50 bits per heavy atom. The number of nitro groups is 1. The molecule has 2 rings (SSSR count). The minimum Gasteiger partial charge on any atom is -0.375 e. The van der Waals surface area contributed by atoms with Gasteiger partial charge in [-0.15, -0.1) is 0 Å². The van der Waals surface area contributed by atoms with E-state index in [9.17, 15) is 14.9 Å². The fraction of sp³-hybridized carbons (Fsp3) is 0.278. The van der Waals surface area contributed by atoms with Crippen LogP contribution < -0.4 is 10.6 Å². The number of carbonyl (C=O) groups excluding carboxylic acids is 1. The summed E-state index contributed by atoms with van der Waals surface area (Å²) < 4.78 is 0. The van der Waals surface area contributed by atoms with Gasteiger partial charge in [-0.2, -0.15) is 0 Å². The normalized spacial score (nSPS) is 10.5. The number of hydrogen-bond donors (Lipinski definition) is 2. The van der Waals surface area contributed by atoms with Gasteiger partial charge in [0, 0.05) is 24.7 Å². The summed E-state index contributed by atoms with van der Waals surface area (Å²) in [4.78, 5) is 22.9. The van der Waals surface area contributed by atoms with Gasteiger partial charge < -0.3 is 10.6 Å². The van der Waals surface area contributed by atoms with Gasteiger partial charge in [-0.3, -0.25) is 14.9 Å². The van der Waals surface area contributed by atoms with Crippen LogP contribution in [-0.2, 0) is 6.54 Å². The summed E-state index contributed by atoms with van der Waals surface area (Å²) in [6.07, 6.45) is 0. The molecule has 0 spiro atoms. The average molecular weight is 327 g/mol. The minimum absolute atomic E-state index is 0.108. The van der Waals surface area contributed by atoms with Gasteiger partial charge in [-0.05, 0) is 23.6 Å². The maximum Gasteiger partial charge on any atom is 0.293 e. The first-order valence-electron chi connectivity index (χ1n) is 7.82. The number of amides is 1. The Bertz CT molecular complexity index is 715. The van der Waals surface area contributed by atoms with E-state index in [1.165, 1.54) is 6.07 Å². The van der Waals surface area contributed by atoms with Crippen LogP contribution in [0.15, 0.2) is 48.5 Å². The lowest BCUT2D eigenvalue weighted by Gasteiger charge is -2.10. The minimum atomic E-state index is -0.480. The SMILES string of the molecule is CC(C)CNC(=O)c1ccc(NCc2ccccc2)c([N+](=O)[O-])c1. The molecular weight excluding hydrogens is 306 g/mol. The monoisotopic (exact) mass is 327 g/mol. The lowest BCUT2D eigenvalue weighted by atomic mass is 10.1. The van der Waals surface area contributed by atoms with Crippen LogP contribution in [0.25, 0.3) is 0 Å². The third-order valence-electron chi connectivity index (χ3n) is 3.45. The molecule has 0 aromatic heterocycles. The summed E-state index contributed by atoms with van der Waals surface area (Å²) in [5, 5.41) is 17.1. The van der Waals surface area contributed by atoms with Crippen LogP contribution in [0, 0.1) is 16.0 Å². The summed E-state index contributed by atoms with van der Waals surface area (Å²) >= 11 is 0. The molecule has 2 aromatic carbocycles. The Morgan fingerprint density at radius 2 is 1.88 bits per heavy atom. The zero-order valence-corrected chi connectivity index (χ0v) is 13.8. The highest BCUT2D eigenvalue weighted by Crippen LogP contribution is 2.26. The lowest BCUT2D eigenvalue weighted by Crippen LogP contribution is -2.27. The zero-order chi connectivity index (χ0) is 17.5. The van der Waals surface area contributed by atoms with Crippen LogP contribution in [0.2, 0.25) is 0 Å². The summed E-state index contributed by atoms with van der Waals surface area (Å²) in [5.41, 5.74) is 1.59. The fourth-order valence-electron chi connectivity index (χ4n) is 2.17. The van der Waals surface area contributed by atoms with Gasteiger partial charge in [0.25, 0.3) is 11.6 Å². The molecular formula is C18H21N3O3. The molecule has 0 heterocycles. The number of anilines is 1. The van der Waals surface area contributed by atoms with Gasteiger partial charge in [-0.1, -0.05) is 44.2 Å². The number of nitro benzene ring substituents is 1. The van der Waals surface area contributed by atoms with E-state index in [1.807, 2.05) is 44.2 Å². The van der Waals surface area contributed by atoms with Crippen LogP contribution >= 0.6 is 0 Å². The first-order valence-corrected chi connectivity index (χ1v) is 7.82. The standard InChI is InChI=1S/C18H21N3O3/c1-13(2)11-20-18(22)15-8-9-16(17(10-15)21(23)24)19-12-14-6-4-3-5-7-14/h3-10,13,19H,11-12H2,1-2H3,(H,20,22). The van der Waals surface area contributed by atoms with Crippen molar-refractivity contribution < 1.29 is 9.72 Å². The third kappa shape index (κ3) is 4.81. The molecule has 0 radical (unpaired) electrons. The molecule has 0 fully saturated rings. The van der Waals surface area contributed by atoms with E-state index in [0.29, 0.717) is 24.7 Å². The molecule has 2 aromatic rings. The summed E-state index contributed by atoms with van der Waals surface area (Å²) in [7, 11) is 0. The Labute approximate surface area is 141 Å². The topological polar surface area (TPSA) is 84.3 Å². The van der Waals surface area contributed by atoms with Crippen molar-refractivity contribution >= 4 is 17.3 Å². The molecule has 0 atom stereocenters. The molecule has 6 heteroatoms. The second kappa shape index (κ2) is 8.10. The van der Waals surface area contributed by atoms with Gasteiger partial charge in [0.05, 0.1) is 4.92 Å². The lowest BCUT2D eigenvalue weighted by molar-refractivity contribution is -0.384. The van der Waals surface area contributed by atoms with E-state index in [4.69, 9.17) is 0 Å². The van der Waals surface area contributed by atoms with E-state index in [-0.39, 0.29) is 17.2 Å². The largest absolute Gasteiger partial charge is 0.375 e. The van der Waals surface area contributed by atoms with Crippen LogP contribution in [0.5, 0.6) is 0 Å². The molecule has 0 unspecified atom stereocenters. The number of rotatable bonds is 7. The molecule has 1 amide bonds. The fourth-order valence-corrected chi connectivity index (χ4v) is 2.17.